The normalized spacial score (nSPS) is 12.2. The summed E-state index contributed by atoms with van der Waals surface area (Å²) in [5, 5.41) is 8.19. The molecule has 0 amide bonds. The Kier molecular flexibility index (Phi) is 6.74. The van der Waals surface area contributed by atoms with Gasteiger partial charge in [0.15, 0.2) is 23.5 Å². The predicted octanol–water partition coefficient (Wildman–Crippen LogP) is 5.15. The standard InChI is InChI=1S/C21H24FN3O3S/c1-5-10-25-13(2)11-16(14(25)3)18(26)12-29-21-24-23-20(28-21)15(4)27-19-9-7-6-8-17(19)22/h6-9,11,15H,5,10,12H2,1-4H3. The van der Waals surface area contributed by atoms with Crippen LogP contribution < -0.4 is 4.74 Å². The molecule has 0 aliphatic heterocycles. The van der Waals surface area contributed by atoms with Gasteiger partial charge in [0.2, 0.25) is 0 Å². The summed E-state index contributed by atoms with van der Waals surface area (Å²) in [7, 11) is 0. The van der Waals surface area contributed by atoms with Crippen molar-refractivity contribution in [1.29, 1.82) is 0 Å². The molecule has 1 atom stereocenters. The van der Waals surface area contributed by atoms with E-state index < -0.39 is 11.9 Å². The van der Waals surface area contributed by atoms with Gasteiger partial charge in [-0.1, -0.05) is 30.8 Å². The van der Waals surface area contributed by atoms with E-state index in [4.69, 9.17) is 9.15 Å². The molecule has 3 aromatic rings. The van der Waals surface area contributed by atoms with E-state index in [0.717, 1.165) is 29.9 Å². The fourth-order valence-electron chi connectivity index (χ4n) is 3.08. The molecule has 6 nitrogen and oxygen atoms in total. The molecule has 0 radical (unpaired) electrons. The number of Topliss-reactive ketones (excluding diaryl/α,β-unsaturated/α-hetero) is 1. The summed E-state index contributed by atoms with van der Waals surface area (Å²) in [4.78, 5) is 12.6. The number of aromatic nitrogens is 3. The summed E-state index contributed by atoms with van der Waals surface area (Å²) in [6.45, 7) is 8.67. The van der Waals surface area contributed by atoms with Gasteiger partial charge in [0.25, 0.3) is 11.1 Å². The van der Waals surface area contributed by atoms with E-state index in [0.29, 0.717) is 0 Å². The largest absolute Gasteiger partial charge is 0.478 e. The Bertz CT molecular complexity index is 999. The molecular formula is C21H24FN3O3S. The minimum Gasteiger partial charge on any atom is -0.478 e. The molecule has 2 heterocycles. The van der Waals surface area contributed by atoms with Crippen molar-refractivity contribution in [2.24, 2.45) is 0 Å². The van der Waals surface area contributed by atoms with E-state index >= 15 is 0 Å². The number of ketones is 1. The van der Waals surface area contributed by atoms with Crippen LogP contribution in [0.2, 0.25) is 0 Å². The number of para-hydroxylation sites is 1. The molecule has 8 heteroatoms. The maximum Gasteiger partial charge on any atom is 0.277 e. The van der Waals surface area contributed by atoms with Gasteiger partial charge < -0.3 is 13.7 Å². The van der Waals surface area contributed by atoms with Crippen molar-refractivity contribution in [2.45, 2.75) is 52.0 Å². The van der Waals surface area contributed by atoms with Crippen LogP contribution >= 0.6 is 11.8 Å². The number of halogens is 1. The first kappa shape index (κ1) is 21.1. The van der Waals surface area contributed by atoms with Gasteiger partial charge in [-0.05, 0) is 45.4 Å². The predicted molar refractivity (Wildman–Crippen MR) is 109 cm³/mol. The number of thioether (sulfide) groups is 1. The lowest BCUT2D eigenvalue weighted by atomic mass is 10.2. The molecule has 3 rings (SSSR count). The molecule has 0 saturated carbocycles. The number of aryl methyl sites for hydroxylation is 1. The number of carbonyl (C=O) groups excluding carboxylic acids is 1. The third kappa shape index (κ3) is 4.87. The summed E-state index contributed by atoms with van der Waals surface area (Å²) in [6.07, 6.45) is 0.397. The van der Waals surface area contributed by atoms with E-state index in [1.54, 1.807) is 19.1 Å². The van der Waals surface area contributed by atoms with Crippen molar-refractivity contribution in [1.82, 2.24) is 14.8 Å². The molecule has 0 aliphatic rings. The summed E-state index contributed by atoms with van der Waals surface area (Å²) in [5.41, 5.74) is 2.78. The molecule has 0 saturated heterocycles. The first-order valence-electron chi connectivity index (χ1n) is 9.48. The molecule has 0 bridgehead atoms. The van der Waals surface area contributed by atoms with Gasteiger partial charge in [0.05, 0.1) is 5.75 Å². The van der Waals surface area contributed by atoms with Crippen LogP contribution in [0.1, 0.15) is 54.0 Å². The third-order valence-electron chi connectivity index (χ3n) is 4.56. The van der Waals surface area contributed by atoms with Crippen LogP contribution in [0, 0.1) is 19.7 Å². The Morgan fingerprint density at radius 1 is 1.31 bits per heavy atom. The second-order valence-electron chi connectivity index (χ2n) is 6.75. The van der Waals surface area contributed by atoms with Crippen molar-refractivity contribution in [3.05, 3.63) is 59.0 Å². The number of rotatable bonds is 9. The van der Waals surface area contributed by atoms with Crippen molar-refractivity contribution >= 4 is 17.5 Å². The number of ether oxygens (including phenoxy) is 1. The van der Waals surface area contributed by atoms with Crippen LogP contribution in [0.25, 0.3) is 0 Å². The number of carbonyl (C=O) groups is 1. The smallest absolute Gasteiger partial charge is 0.277 e. The zero-order valence-corrected chi connectivity index (χ0v) is 17.8. The van der Waals surface area contributed by atoms with Crippen molar-refractivity contribution < 1.29 is 18.3 Å². The Balaban J connectivity index is 1.61. The number of hydrogen-bond acceptors (Lipinski definition) is 6. The molecule has 0 aliphatic carbocycles. The fraction of sp³-hybridized carbons (Fsp3) is 0.381. The molecule has 1 unspecified atom stereocenters. The first-order valence-corrected chi connectivity index (χ1v) is 10.5. The highest BCUT2D eigenvalue weighted by Gasteiger charge is 2.20. The molecule has 0 spiro atoms. The quantitative estimate of drug-likeness (QED) is 0.354. The van der Waals surface area contributed by atoms with Crippen LogP contribution in [0.4, 0.5) is 4.39 Å². The lowest BCUT2D eigenvalue weighted by Gasteiger charge is -2.11. The minimum atomic E-state index is -0.613. The molecule has 29 heavy (non-hydrogen) atoms. The Hall–Kier alpha value is -2.61. The molecule has 0 fully saturated rings. The molecule has 1 aromatic carbocycles. The van der Waals surface area contributed by atoms with E-state index in [1.807, 2.05) is 19.9 Å². The van der Waals surface area contributed by atoms with E-state index in [2.05, 4.69) is 21.7 Å². The average Bonchev–Trinajstić information content (AvgIpc) is 3.28. The molecular weight excluding hydrogens is 393 g/mol. The van der Waals surface area contributed by atoms with E-state index in [9.17, 15) is 9.18 Å². The van der Waals surface area contributed by atoms with Crippen molar-refractivity contribution in [3.63, 3.8) is 0 Å². The maximum atomic E-state index is 13.7. The van der Waals surface area contributed by atoms with Gasteiger partial charge in [-0.2, -0.15) is 0 Å². The van der Waals surface area contributed by atoms with Gasteiger partial charge >= 0.3 is 0 Å². The van der Waals surface area contributed by atoms with Crippen LogP contribution in [0.5, 0.6) is 5.75 Å². The van der Waals surface area contributed by atoms with Gasteiger partial charge in [-0.15, -0.1) is 10.2 Å². The Morgan fingerprint density at radius 3 is 2.79 bits per heavy atom. The Morgan fingerprint density at radius 2 is 2.07 bits per heavy atom. The second kappa shape index (κ2) is 9.26. The Labute approximate surface area is 173 Å². The molecule has 154 valence electrons. The highest BCUT2D eigenvalue weighted by atomic mass is 32.2. The fourth-order valence-corrected chi connectivity index (χ4v) is 3.73. The molecule has 0 N–H and O–H groups in total. The second-order valence-corrected chi connectivity index (χ2v) is 7.67. The summed E-state index contributed by atoms with van der Waals surface area (Å²) >= 11 is 1.18. The van der Waals surface area contributed by atoms with Crippen molar-refractivity contribution in [2.75, 3.05) is 5.75 Å². The zero-order valence-electron chi connectivity index (χ0n) is 16.9. The number of hydrogen-bond donors (Lipinski definition) is 0. The number of nitrogens with zero attached hydrogens (tertiary/aromatic N) is 3. The van der Waals surface area contributed by atoms with Gasteiger partial charge in [0, 0.05) is 23.5 Å². The third-order valence-corrected chi connectivity index (χ3v) is 5.38. The monoisotopic (exact) mass is 417 g/mol. The van der Waals surface area contributed by atoms with Crippen LogP contribution in [0.15, 0.2) is 40.0 Å². The van der Waals surface area contributed by atoms with Gasteiger partial charge in [-0.25, -0.2) is 4.39 Å². The SMILES string of the molecule is CCCn1c(C)cc(C(=O)CSc2nnc(C(C)Oc3ccccc3F)o2)c1C. The number of benzene rings is 1. The summed E-state index contributed by atoms with van der Waals surface area (Å²) < 4.78 is 27.0. The minimum absolute atomic E-state index is 0.0147. The lowest BCUT2D eigenvalue weighted by molar-refractivity contribution is 0.102. The topological polar surface area (TPSA) is 70.2 Å². The van der Waals surface area contributed by atoms with Crippen LogP contribution in [-0.4, -0.2) is 26.3 Å². The average molecular weight is 418 g/mol. The van der Waals surface area contributed by atoms with Gasteiger partial charge in [-0.3, -0.25) is 4.79 Å². The first-order chi connectivity index (χ1) is 13.9. The highest BCUT2D eigenvalue weighted by Crippen LogP contribution is 2.26. The van der Waals surface area contributed by atoms with Crippen LogP contribution in [-0.2, 0) is 6.54 Å². The molecule has 2 aromatic heterocycles. The summed E-state index contributed by atoms with van der Waals surface area (Å²) in [6, 6.07) is 8.05. The van der Waals surface area contributed by atoms with E-state index in [1.165, 1.54) is 23.9 Å². The van der Waals surface area contributed by atoms with Gasteiger partial charge in [0.1, 0.15) is 0 Å². The highest BCUT2D eigenvalue weighted by molar-refractivity contribution is 7.99. The summed E-state index contributed by atoms with van der Waals surface area (Å²) in [5.74, 6) is 0.0931. The lowest BCUT2D eigenvalue weighted by Crippen LogP contribution is -2.06. The van der Waals surface area contributed by atoms with Crippen molar-refractivity contribution in [3.8, 4) is 5.75 Å². The maximum absolute atomic E-state index is 13.7. The van der Waals surface area contributed by atoms with E-state index in [-0.39, 0.29) is 28.4 Å². The zero-order chi connectivity index (χ0) is 21.0. The van der Waals surface area contributed by atoms with Crippen LogP contribution in [0.3, 0.4) is 0 Å².